The molecular formula is C22H28N4O6S. The molecule has 0 aromatic heterocycles. The van der Waals surface area contributed by atoms with Crippen LogP contribution in [0.15, 0.2) is 47.4 Å². The molecule has 2 saturated heterocycles. The van der Waals surface area contributed by atoms with Crippen molar-refractivity contribution in [2.24, 2.45) is 0 Å². The van der Waals surface area contributed by atoms with E-state index in [1.807, 2.05) is 6.92 Å². The van der Waals surface area contributed by atoms with Gasteiger partial charge in [0, 0.05) is 43.9 Å². The summed E-state index contributed by atoms with van der Waals surface area (Å²) in [4.78, 5) is 15.6. The van der Waals surface area contributed by atoms with Gasteiger partial charge in [-0.3, -0.25) is 24.6 Å². The van der Waals surface area contributed by atoms with Crippen LogP contribution in [0.2, 0.25) is 0 Å². The molecule has 178 valence electrons. The van der Waals surface area contributed by atoms with Crippen molar-refractivity contribution in [3.8, 4) is 0 Å². The van der Waals surface area contributed by atoms with Gasteiger partial charge in [0.25, 0.3) is 15.7 Å². The molecule has 0 atom stereocenters. The van der Waals surface area contributed by atoms with Crippen LogP contribution in [-0.2, 0) is 19.5 Å². The molecular weight excluding hydrogens is 448 g/mol. The second-order valence-corrected chi connectivity index (χ2v) is 9.80. The lowest BCUT2D eigenvalue weighted by molar-refractivity contribution is -0.385. The average Bonchev–Trinajstić information content (AvgIpc) is 2.81. The third-order valence-corrected chi connectivity index (χ3v) is 7.26. The Hall–Kier alpha value is -2.57. The fourth-order valence-corrected chi connectivity index (χ4v) is 5.25. The molecule has 0 bridgehead atoms. The summed E-state index contributed by atoms with van der Waals surface area (Å²) in [6.45, 7) is 6.59. The lowest BCUT2D eigenvalue weighted by atomic mass is 10.1. The van der Waals surface area contributed by atoms with E-state index in [4.69, 9.17) is 9.47 Å². The van der Waals surface area contributed by atoms with Gasteiger partial charge in [-0.25, -0.2) is 8.42 Å². The predicted octanol–water partition coefficient (Wildman–Crippen LogP) is 2.37. The van der Waals surface area contributed by atoms with Crippen LogP contribution in [-0.4, -0.2) is 75.7 Å². The minimum Gasteiger partial charge on any atom is -0.379 e. The van der Waals surface area contributed by atoms with Gasteiger partial charge in [-0.15, -0.1) is 0 Å². The minimum absolute atomic E-state index is 0.0881. The zero-order valence-electron chi connectivity index (χ0n) is 18.5. The highest BCUT2D eigenvalue weighted by molar-refractivity contribution is 7.92. The summed E-state index contributed by atoms with van der Waals surface area (Å²) in [7, 11) is -3.89. The minimum atomic E-state index is -3.89. The van der Waals surface area contributed by atoms with Gasteiger partial charge in [0.2, 0.25) is 0 Å². The van der Waals surface area contributed by atoms with Crippen LogP contribution in [0.4, 0.5) is 11.4 Å². The Morgan fingerprint density at radius 2 is 1.48 bits per heavy atom. The van der Waals surface area contributed by atoms with E-state index >= 15 is 0 Å². The first-order valence-corrected chi connectivity index (χ1v) is 12.3. The van der Waals surface area contributed by atoms with E-state index < -0.39 is 14.9 Å². The average molecular weight is 477 g/mol. The molecule has 2 aliphatic rings. The maximum Gasteiger partial charge on any atom is 0.269 e. The van der Waals surface area contributed by atoms with Crippen molar-refractivity contribution < 1.29 is 22.8 Å². The lowest BCUT2D eigenvalue weighted by Gasteiger charge is -2.43. The van der Waals surface area contributed by atoms with Crippen LogP contribution < -0.4 is 4.72 Å². The third-order valence-electron chi connectivity index (χ3n) is 5.88. The van der Waals surface area contributed by atoms with E-state index in [1.165, 1.54) is 18.2 Å². The number of non-ortho nitro benzene ring substituents is 1. The van der Waals surface area contributed by atoms with Crippen molar-refractivity contribution in [3.05, 3.63) is 63.7 Å². The number of nitro groups is 1. The van der Waals surface area contributed by atoms with Crippen molar-refractivity contribution in [1.29, 1.82) is 0 Å². The summed E-state index contributed by atoms with van der Waals surface area (Å²) < 4.78 is 40.0. The van der Waals surface area contributed by atoms with Gasteiger partial charge >= 0.3 is 0 Å². The molecule has 0 aliphatic carbocycles. The van der Waals surface area contributed by atoms with E-state index in [1.54, 1.807) is 24.3 Å². The Kier molecular flexibility index (Phi) is 7.25. The lowest BCUT2D eigenvalue weighted by Crippen LogP contribution is -2.50. The molecule has 10 nitrogen and oxygen atoms in total. The monoisotopic (exact) mass is 476 g/mol. The van der Waals surface area contributed by atoms with Crippen molar-refractivity contribution in [3.63, 3.8) is 0 Å². The zero-order valence-corrected chi connectivity index (χ0v) is 19.3. The molecule has 4 rings (SSSR count). The molecule has 0 saturated carbocycles. The van der Waals surface area contributed by atoms with E-state index in [-0.39, 0.29) is 16.7 Å². The van der Waals surface area contributed by atoms with Gasteiger partial charge in [-0.2, -0.15) is 0 Å². The fraction of sp³-hybridized carbons (Fsp3) is 0.455. The number of nitrogens with one attached hydrogen (secondary N) is 1. The molecule has 2 aliphatic heterocycles. The van der Waals surface area contributed by atoms with Crippen LogP contribution in [0.3, 0.4) is 0 Å². The standard InChI is InChI=1S/C22H28N4O6S/c1-17-2-5-19(6-3-17)33(29,30)23-21-7-4-18(26(27)28)16-20(21)22(24-8-12-31-13-9-24)25-10-14-32-15-11-25/h2-7,16,22-23H,8-15H2,1H3. The van der Waals surface area contributed by atoms with Gasteiger partial charge in [0.05, 0.1) is 48.1 Å². The number of benzene rings is 2. The number of sulfonamides is 1. The normalized spacial score (nSPS) is 18.4. The number of anilines is 1. The summed E-state index contributed by atoms with van der Waals surface area (Å²) in [5, 5.41) is 11.6. The predicted molar refractivity (Wildman–Crippen MR) is 123 cm³/mol. The number of morpholine rings is 2. The first-order chi connectivity index (χ1) is 15.8. The van der Waals surface area contributed by atoms with Crippen LogP contribution >= 0.6 is 0 Å². The molecule has 0 amide bonds. The number of nitrogens with zero attached hydrogens (tertiary/aromatic N) is 3. The van der Waals surface area contributed by atoms with Crippen molar-refractivity contribution >= 4 is 21.4 Å². The first kappa shape index (κ1) is 23.6. The molecule has 0 radical (unpaired) electrons. The second-order valence-electron chi connectivity index (χ2n) is 8.12. The largest absolute Gasteiger partial charge is 0.379 e. The molecule has 2 fully saturated rings. The summed E-state index contributed by atoms with van der Waals surface area (Å²) in [5.74, 6) is 0. The highest BCUT2D eigenvalue weighted by Crippen LogP contribution is 2.35. The fourth-order valence-electron chi connectivity index (χ4n) is 4.16. The number of aryl methyl sites for hydroxylation is 1. The third kappa shape index (κ3) is 5.50. The second kappa shape index (κ2) is 10.1. The van der Waals surface area contributed by atoms with Gasteiger partial charge in [0.15, 0.2) is 0 Å². The smallest absolute Gasteiger partial charge is 0.269 e. The van der Waals surface area contributed by atoms with Crippen LogP contribution in [0.25, 0.3) is 0 Å². The Morgan fingerprint density at radius 3 is 2.00 bits per heavy atom. The molecule has 33 heavy (non-hydrogen) atoms. The molecule has 2 heterocycles. The number of nitro benzene ring substituents is 1. The van der Waals surface area contributed by atoms with Crippen LogP contribution in [0.1, 0.15) is 17.3 Å². The summed E-state index contributed by atoms with van der Waals surface area (Å²) in [5.41, 5.74) is 1.73. The number of hydrogen-bond acceptors (Lipinski definition) is 8. The van der Waals surface area contributed by atoms with E-state index in [0.717, 1.165) is 5.56 Å². The van der Waals surface area contributed by atoms with Crippen molar-refractivity contribution in [1.82, 2.24) is 9.80 Å². The van der Waals surface area contributed by atoms with Crippen molar-refractivity contribution in [2.75, 3.05) is 57.3 Å². The van der Waals surface area contributed by atoms with Gasteiger partial charge in [-0.05, 0) is 25.1 Å². The maximum absolute atomic E-state index is 13.1. The number of hydrogen-bond donors (Lipinski definition) is 1. The molecule has 0 unspecified atom stereocenters. The Balaban J connectivity index is 1.77. The maximum atomic E-state index is 13.1. The summed E-state index contributed by atoms with van der Waals surface area (Å²) in [6, 6.07) is 10.8. The van der Waals surface area contributed by atoms with E-state index in [2.05, 4.69) is 14.5 Å². The highest BCUT2D eigenvalue weighted by Gasteiger charge is 2.33. The molecule has 11 heteroatoms. The van der Waals surface area contributed by atoms with Crippen LogP contribution in [0.5, 0.6) is 0 Å². The molecule has 0 spiro atoms. The Bertz CT molecular complexity index is 1060. The van der Waals surface area contributed by atoms with Gasteiger partial charge in [-0.1, -0.05) is 17.7 Å². The van der Waals surface area contributed by atoms with Crippen LogP contribution in [0, 0.1) is 17.0 Å². The number of ether oxygens (including phenoxy) is 2. The molecule has 2 aromatic rings. The Labute approximate surface area is 193 Å². The van der Waals surface area contributed by atoms with E-state index in [9.17, 15) is 18.5 Å². The first-order valence-electron chi connectivity index (χ1n) is 10.9. The van der Waals surface area contributed by atoms with Gasteiger partial charge < -0.3 is 9.47 Å². The molecule has 2 aromatic carbocycles. The SMILES string of the molecule is Cc1ccc(S(=O)(=O)Nc2ccc([N+](=O)[O-])cc2C(N2CCOCC2)N2CCOCC2)cc1. The van der Waals surface area contributed by atoms with E-state index in [0.29, 0.717) is 63.9 Å². The Morgan fingerprint density at radius 1 is 0.939 bits per heavy atom. The van der Waals surface area contributed by atoms with Gasteiger partial charge in [0.1, 0.15) is 0 Å². The summed E-state index contributed by atoms with van der Waals surface area (Å²) >= 11 is 0. The quantitative estimate of drug-likeness (QED) is 0.479. The topological polar surface area (TPSA) is 114 Å². The number of rotatable bonds is 7. The molecule has 1 N–H and O–H groups in total. The van der Waals surface area contributed by atoms with Crippen molar-refractivity contribution in [2.45, 2.75) is 18.0 Å². The summed E-state index contributed by atoms with van der Waals surface area (Å²) in [6.07, 6.45) is -0.353. The highest BCUT2D eigenvalue weighted by atomic mass is 32.2. The zero-order chi connectivity index (χ0) is 23.4.